The summed E-state index contributed by atoms with van der Waals surface area (Å²) < 4.78 is 16.6. The van der Waals surface area contributed by atoms with Crippen molar-refractivity contribution in [1.82, 2.24) is 14.5 Å². The Bertz CT molecular complexity index is 1140. The first-order chi connectivity index (χ1) is 12.6. The van der Waals surface area contributed by atoms with Crippen LogP contribution in [0.3, 0.4) is 0 Å². The lowest BCUT2D eigenvalue weighted by molar-refractivity contribution is 0.0961. The predicted octanol–water partition coefficient (Wildman–Crippen LogP) is 5.00. The number of imidazole rings is 1. The summed E-state index contributed by atoms with van der Waals surface area (Å²) in [6.45, 7) is 1.79. The topological polar surface area (TPSA) is 47.8 Å². The van der Waals surface area contributed by atoms with Crippen molar-refractivity contribution in [1.29, 1.82) is 0 Å². The molecule has 0 bridgehead atoms. The first-order valence-electron chi connectivity index (χ1n) is 7.93. The molecule has 0 fully saturated rings. The molecule has 0 saturated heterocycles. The number of halogens is 2. The molecule has 2 heterocycles. The minimum Gasteiger partial charge on any atom is -0.272 e. The number of benzene rings is 2. The first-order valence-corrected chi connectivity index (χ1v) is 8.73. The van der Waals surface area contributed by atoms with E-state index in [0.717, 1.165) is 4.47 Å². The number of rotatable bonds is 2. The molecule has 128 valence electrons. The Hall–Kier alpha value is -2.86. The zero-order valence-electron chi connectivity index (χ0n) is 13.8. The molecule has 4 rings (SSSR count). The highest BCUT2D eigenvalue weighted by atomic mass is 79.9. The first kappa shape index (κ1) is 16.6. The Balaban J connectivity index is 2.08. The lowest BCUT2D eigenvalue weighted by Gasteiger charge is -2.15. The van der Waals surface area contributed by atoms with Crippen LogP contribution in [0.25, 0.3) is 22.2 Å². The highest BCUT2D eigenvalue weighted by molar-refractivity contribution is 9.10. The summed E-state index contributed by atoms with van der Waals surface area (Å²) in [7, 11) is 0. The molecule has 0 aliphatic carbocycles. The van der Waals surface area contributed by atoms with Crippen LogP contribution in [-0.2, 0) is 0 Å². The van der Waals surface area contributed by atoms with Crippen LogP contribution < -0.4 is 0 Å². The van der Waals surface area contributed by atoms with Gasteiger partial charge in [-0.25, -0.2) is 14.4 Å². The van der Waals surface area contributed by atoms with Crippen molar-refractivity contribution in [3.8, 4) is 11.3 Å². The van der Waals surface area contributed by atoms with Gasteiger partial charge in [0.25, 0.3) is 5.91 Å². The summed E-state index contributed by atoms with van der Waals surface area (Å²) >= 11 is 3.45. The van der Waals surface area contributed by atoms with E-state index in [-0.39, 0.29) is 11.7 Å². The van der Waals surface area contributed by atoms with Gasteiger partial charge >= 0.3 is 0 Å². The zero-order valence-corrected chi connectivity index (χ0v) is 15.4. The number of hydrogen-bond acceptors (Lipinski definition) is 3. The van der Waals surface area contributed by atoms with E-state index in [4.69, 9.17) is 0 Å². The molecule has 4 aromatic rings. The summed E-state index contributed by atoms with van der Waals surface area (Å²) in [5.41, 5.74) is 2.56. The van der Waals surface area contributed by atoms with Crippen LogP contribution >= 0.6 is 15.9 Å². The van der Waals surface area contributed by atoms with Crippen LogP contribution in [0.4, 0.5) is 4.39 Å². The molecule has 0 unspecified atom stereocenters. The van der Waals surface area contributed by atoms with Crippen LogP contribution in [0.15, 0.2) is 65.7 Å². The zero-order chi connectivity index (χ0) is 18.3. The molecule has 0 N–H and O–H groups in total. The van der Waals surface area contributed by atoms with Gasteiger partial charge in [0, 0.05) is 27.8 Å². The molecular formula is C20H13BrFN3O. The highest BCUT2D eigenvalue weighted by Crippen LogP contribution is 2.32. The molecule has 6 heteroatoms. The summed E-state index contributed by atoms with van der Waals surface area (Å²) in [4.78, 5) is 21.7. The van der Waals surface area contributed by atoms with Crippen molar-refractivity contribution in [3.63, 3.8) is 0 Å². The van der Waals surface area contributed by atoms with E-state index in [1.807, 2.05) is 18.2 Å². The Morgan fingerprint density at radius 1 is 1.19 bits per heavy atom. The minimum absolute atomic E-state index is 0.233. The van der Waals surface area contributed by atoms with Gasteiger partial charge in [-0.3, -0.25) is 9.36 Å². The number of fused-ring (bicyclic) bond motifs is 1. The summed E-state index contributed by atoms with van der Waals surface area (Å²) in [5.74, 6) is -0.608. The molecule has 4 nitrogen and oxygen atoms in total. The van der Waals surface area contributed by atoms with Crippen molar-refractivity contribution in [3.05, 3.63) is 82.6 Å². The van der Waals surface area contributed by atoms with E-state index in [1.165, 1.54) is 17.0 Å². The van der Waals surface area contributed by atoms with Gasteiger partial charge in [0.1, 0.15) is 12.1 Å². The fraction of sp³-hybridized carbons (Fsp3) is 0.0500. The van der Waals surface area contributed by atoms with E-state index in [1.54, 1.807) is 37.5 Å². The third-order valence-electron chi connectivity index (χ3n) is 4.27. The van der Waals surface area contributed by atoms with Crippen molar-refractivity contribution < 1.29 is 9.18 Å². The second kappa shape index (κ2) is 6.46. The van der Waals surface area contributed by atoms with Gasteiger partial charge in [0.05, 0.1) is 16.8 Å². The van der Waals surface area contributed by atoms with E-state index in [2.05, 4.69) is 25.9 Å². The molecule has 26 heavy (non-hydrogen) atoms. The standard InChI is InChI=1S/C20H13BrFN3O/c1-12-18(20(26)25-9-8-23-11-25)15-10-13(21)6-7-17(15)24-19(12)14-4-2-3-5-16(14)22/h2-11H,1H3. The summed E-state index contributed by atoms with van der Waals surface area (Å²) in [6, 6.07) is 12.0. The number of carbonyl (C=O) groups excluding carboxylic acids is 1. The number of pyridine rings is 1. The summed E-state index contributed by atoms with van der Waals surface area (Å²) in [5, 5.41) is 0.704. The number of aromatic nitrogens is 3. The van der Waals surface area contributed by atoms with Gasteiger partial charge in [-0.15, -0.1) is 0 Å². The molecule has 0 radical (unpaired) electrons. The van der Waals surface area contributed by atoms with Crippen LogP contribution in [-0.4, -0.2) is 20.4 Å². The number of carbonyl (C=O) groups is 1. The van der Waals surface area contributed by atoms with E-state index in [0.29, 0.717) is 33.3 Å². The Morgan fingerprint density at radius 3 is 2.73 bits per heavy atom. The van der Waals surface area contributed by atoms with Gasteiger partial charge in [-0.1, -0.05) is 28.1 Å². The molecule has 0 saturated carbocycles. The normalized spacial score (nSPS) is 11.0. The van der Waals surface area contributed by atoms with Gasteiger partial charge in [-0.2, -0.15) is 0 Å². The van der Waals surface area contributed by atoms with E-state index >= 15 is 0 Å². The van der Waals surface area contributed by atoms with Crippen LogP contribution in [0.2, 0.25) is 0 Å². The molecule has 0 spiro atoms. The molecule has 0 amide bonds. The van der Waals surface area contributed by atoms with Crippen molar-refractivity contribution in [2.75, 3.05) is 0 Å². The molecular weight excluding hydrogens is 397 g/mol. The third-order valence-corrected chi connectivity index (χ3v) is 4.77. The maximum Gasteiger partial charge on any atom is 0.264 e. The Kier molecular flexibility index (Phi) is 4.12. The van der Waals surface area contributed by atoms with Gasteiger partial charge in [0.15, 0.2) is 0 Å². The monoisotopic (exact) mass is 409 g/mol. The van der Waals surface area contributed by atoms with Gasteiger partial charge in [-0.05, 0) is 42.8 Å². The lowest BCUT2D eigenvalue weighted by Crippen LogP contribution is -2.14. The minimum atomic E-state index is -0.374. The maximum atomic E-state index is 14.4. The molecule has 2 aromatic heterocycles. The van der Waals surface area contributed by atoms with E-state index < -0.39 is 0 Å². The van der Waals surface area contributed by atoms with Crippen molar-refractivity contribution >= 4 is 32.7 Å². The fourth-order valence-corrected chi connectivity index (χ4v) is 3.39. The Labute approximate surface area is 157 Å². The lowest BCUT2D eigenvalue weighted by atomic mass is 9.97. The molecule has 0 atom stereocenters. The van der Waals surface area contributed by atoms with Crippen molar-refractivity contribution in [2.45, 2.75) is 6.92 Å². The molecule has 0 aliphatic rings. The van der Waals surface area contributed by atoms with Gasteiger partial charge < -0.3 is 0 Å². The number of hydrogen-bond donors (Lipinski definition) is 0. The average Bonchev–Trinajstić information content (AvgIpc) is 3.16. The molecule has 2 aromatic carbocycles. The SMILES string of the molecule is Cc1c(-c2ccccc2F)nc2ccc(Br)cc2c1C(=O)n1ccnc1. The summed E-state index contributed by atoms with van der Waals surface area (Å²) in [6.07, 6.45) is 4.59. The highest BCUT2D eigenvalue weighted by Gasteiger charge is 2.21. The van der Waals surface area contributed by atoms with Crippen LogP contribution in [0.1, 0.15) is 15.9 Å². The van der Waals surface area contributed by atoms with Gasteiger partial charge in [0.2, 0.25) is 0 Å². The van der Waals surface area contributed by atoms with Crippen LogP contribution in [0, 0.1) is 12.7 Å². The average molecular weight is 410 g/mol. The fourth-order valence-electron chi connectivity index (χ4n) is 3.03. The second-order valence-electron chi connectivity index (χ2n) is 5.88. The number of nitrogens with zero attached hydrogens (tertiary/aromatic N) is 3. The van der Waals surface area contributed by atoms with E-state index in [9.17, 15) is 9.18 Å². The van der Waals surface area contributed by atoms with Crippen LogP contribution in [0.5, 0.6) is 0 Å². The predicted molar refractivity (Wildman–Crippen MR) is 102 cm³/mol. The Morgan fingerprint density at radius 2 is 2.00 bits per heavy atom. The van der Waals surface area contributed by atoms with Crippen molar-refractivity contribution in [2.24, 2.45) is 0 Å². The smallest absolute Gasteiger partial charge is 0.264 e. The largest absolute Gasteiger partial charge is 0.272 e. The maximum absolute atomic E-state index is 14.4. The molecule has 0 aliphatic heterocycles. The quantitative estimate of drug-likeness (QED) is 0.468. The third kappa shape index (κ3) is 2.72. The second-order valence-corrected chi connectivity index (χ2v) is 6.79.